The molecular formula is C14H28N2O2. The van der Waals surface area contributed by atoms with E-state index in [1.807, 2.05) is 0 Å². The predicted octanol–water partition coefficient (Wildman–Crippen LogP) is 0.849. The standard InChI is InChI=1S/C14H28N2O2/c1-2-15-10-14(6-3-9-18-12-14)11-16(7-8-17)13-4-5-13/h13,15,17H,2-12H2,1H3. The molecule has 0 aromatic carbocycles. The van der Waals surface area contributed by atoms with E-state index in [0.29, 0.717) is 0 Å². The molecule has 0 aromatic heterocycles. The molecule has 1 unspecified atom stereocenters. The summed E-state index contributed by atoms with van der Waals surface area (Å²) in [5.41, 5.74) is 0.256. The summed E-state index contributed by atoms with van der Waals surface area (Å²) in [6, 6.07) is 0.720. The van der Waals surface area contributed by atoms with E-state index in [9.17, 15) is 5.11 Å². The van der Waals surface area contributed by atoms with E-state index >= 15 is 0 Å². The van der Waals surface area contributed by atoms with Crippen molar-refractivity contribution >= 4 is 0 Å². The minimum absolute atomic E-state index is 0.256. The lowest BCUT2D eigenvalue weighted by Gasteiger charge is -2.41. The highest BCUT2D eigenvalue weighted by atomic mass is 16.5. The topological polar surface area (TPSA) is 44.7 Å². The lowest BCUT2D eigenvalue weighted by Crippen LogP contribution is -2.50. The van der Waals surface area contributed by atoms with Gasteiger partial charge in [0.15, 0.2) is 0 Å². The molecule has 1 heterocycles. The second kappa shape index (κ2) is 6.85. The summed E-state index contributed by atoms with van der Waals surface area (Å²) in [7, 11) is 0. The first-order chi connectivity index (χ1) is 8.79. The van der Waals surface area contributed by atoms with Gasteiger partial charge in [-0.05, 0) is 32.2 Å². The maximum Gasteiger partial charge on any atom is 0.0558 e. The van der Waals surface area contributed by atoms with Gasteiger partial charge in [0.1, 0.15) is 0 Å². The van der Waals surface area contributed by atoms with E-state index < -0.39 is 0 Å². The molecule has 2 fully saturated rings. The van der Waals surface area contributed by atoms with Crippen LogP contribution in [0.3, 0.4) is 0 Å². The Labute approximate surface area is 111 Å². The molecule has 1 atom stereocenters. The quantitative estimate of drug-likeness (QED) is 0.676. The summed E-state index contributed by atoms with van der Waals surface area (Å²) in [5.74, 6) is 0. The molecule has 2 rings (SSSR count). The van der Waals surface area contributed by atoms with Crippen molar-refractivity contribution in [3.05, 3.63) is 0 Å². The van der Waals surface area contributed by atoms with Crippen LogP contribution in [0.5, 0.6) is 0 Å². The summed E-state index contributed by atoms with van der Waals surface area (Å²) in [5, 5.41) is 12.7. The molecule has 0 spiro atoms. The van der Waals surface area contributed by atoms with Crippen LogP contribution in [0.25, 0.3) is 0 Å². The molecule has 1 saturated carbocycles. The molecule has 106 valence electrons. The summed E-state index contributed by atoms with van der Waals surface area (Å²) in [4.78, 5) is 2.48. The fourth-order valence-corrected chi connectivity index (χ4v) is 3.01. The first-order valence-electron chi connectivity index (χ1n) is 7.43. The van der Waals surface area contributed by atoms with Crippen molar-refractivity contribution in [2.24, 2.45) is 5.41 Å². The first-order valence-corrected chi connectivity index (χ1v) is 7.43. The van der Waals surface area contributed by atoms with Crippen LogP contribution in [0, 0.1) is 5.41 Å². The zero-order chi connectivity index (χ0) is 12.8. The third-order valence-electron chi connectivity index (χ3n) is 4.14. The van der Waals surface area contributed by atoms with E-state index in [4.69, 9.17) is 4.74 Å². The molecule has 4 heteroatoms. The van der Waals surface area contributed by atoms with Crippen molar-refractivity contribution in [1.29, 1.82) is 0 Å². The van der Waals surface area contributed by atoms with Crippen LogP contribution in [-0.2, 0) is 4.74 Å². The Balaban J connectivity index is 1.93. The Kier molecular flexibility index (Phi) is 5.42. The zero-order valence-electron chi connectivity index (χ0n) is 11.7. The number of rotatable bonds is 8. The lowest BCUT2D eigenvalue weighted by molar-refractivity contribution is -0.0292. The van der Waals surface area contributed by atoms with Gasteiger partial charge in [0.25, 0.3) is 0 Å². The average Bonchev–Trinajstić information content (AvgIpc) is 3.22. The SMILES string of the molecule is CCNCC1(CN(CCO)C2CC2)CCCOC1. The van der Waals surface area contributed by atoms with E-state index in [1.54, 1.807) is 0 Å². The fraction of sp³-hybridized carbons (Fsp3) is 1.00. The van der Waals surface area contributed by atoms with E-state index in [0.717, 1.165) is 45.4 Å². The van der Waals surface area contributed by atoms with Gasteiger partial charge in [0.05, 0.1) is 13.2 Å². The minimum atomic E-state index is 0.256. The van der Waals surface area contributed by atoms with Gasteiger partial charge >= 0.3 is 0 Å². The van der Waals surface area contributed by atoms with Gasteiger partial charge in [0, 0.05) is 37.7 Å². The van der Waals surface area contributed by atoms with Crippen molar-refractivity contribution in [3.8, 4) is 0 Å². The maximum atomic E-state index is 9.21. The molecule has 0 radical (unpaired) electrons. The van der Waals surface area contributed by atoms with Gasteiger partial charge < -0.3 is 15.2 Å². The number of hydrogen-bond acceptors (Lipinski definition) is 4. The molecular weight excluding hydrogens is 228 g/mol. The van der Waals surface area contributed by atoms with Crippen molar-refractivity contribution in [2.45, 2.75) is 38.6 Å². The summed E-state index contributed by atoms with van der Waals surface area (Å²) < 4.78 is 5.73. The van der Waals surface area contributed by atoms with Crippen LogP contribution in [-0.4, -0.2) is 62.0 Å². The monoisotopic (exact) mass is 256 g/mol. The summed E-state index contributed by atoms with van der Waals surface area (Å²) in [6.07, 6.45) is 5.02. The van der Waals surface area contributed by atoms with Gasteiger partial charge in [-0.3, -0.25) is 4.90 Å². The predicted molar refractivity (Wildman–Crippen MR) is 72.7 cm³/mol. The van der Waals surface area contributed by atoms with Gasteiger partial charge in [-0.1, -0.05) is 6.92 Å². The number of aliphatic hydroxyl groups excluding tert-OH is 1. The Morgan fingerprint density at radius 3 is 2.83 bits per heavy atom. The van der Waals surface area contributed by atoms with Crippen LogP contribution >= 0.6 is 0 Å². The molecule has 18 heavy (non-hydrogen) atoms. The molecule has 2 aliphatic rings. The smallest absolute Gasteiger partial charge is 0.0558 e. The molecule has 0 bridgehead atoms. The average molecular weight is 256 g/mol. The molecule has 1 saturated heterocycles. The van der Waals surface area contributed by atoms with Crippen LogP contribution in [0.2, 0.25) is 0 Å². The third-order valence-corrected chi connectivity index (χ3v) is 4.14. The molecule has 0 aromatic rings. The van der Waals surface area contributed by atoms with Crippen molar-refractivity contribution < 1.29 is 9.84 Å². The Bertz CT molecular complexity index is 238. The Hall–Kier alpha value is -0.160. The van der Waals surface area contributed by atoms with Gasteiger partial charge in [0.2, 0.25) is 0 Å². The lowest BCUT2D eigenvalue weighted by atomic mass is 9.81. The van der Waals surface area contributed by atoms with Gasteiger partial charge in [-0.15, -0.1) is 0 Å². The fourth-order valence-electron chi connectivity index (χ4n) is 3.01. The number of nitrogens with zero attached hydrogens (tertiary/aromatic N) is 1. The largest absolute Gasteiger partial charge is 0.395 e. The van der Waals surface area contributed by atoms with Crippen molar-refractivity contribution in [3.63, 3.8) is 0 Å². The van der Waals surface area contributed by atoms with Crippen molar-refractivity contribution in [1.82, 2.24) is 10.2 Å². The minimum Gasteiger partial charge on any atom is -0.395 e. The van der Waals surface area contributed by atoms with Gasteiger partial charge in [-0.25, -0.2) is 0 Å². The number of ether oxygens (including phenoxy) is 1. The Morgan fingerprint density at radius 1 is 1.44 bits per heavy atom. The summed E-state index contributed by atoms with van der Waals surface area (Å²) in [6.45, 7) is 8.16. The molecule has 2 N–H and O–H groups in total. The van der Waals surface area contributed by atoms with E-state index in [2.05, 4.69) is 17.1 Å². The Morgan fingerprint density at radius 2 is 2.28 bits per heavy atom. The highest BCUT2D eigenvalue weighted by Crippen LogP contribution is 2.34. The van der Waals surface area contributed by atoms with Crippen LogP contribution in [0.1, 0.15) is 32.6 Å². The normalized spacial score (nSPS) is 28.8. The van der Waals surface area contributed by atoms with Crippen molar-refractivity contribution in [2.75, 3.05) is 46.0 Å². The molecule has 1 aliphatic carbocycles. The molecule has 1 aliphatic heterocycles. The second-order valence-corrected chi connectivity index (χ2v) is 5.86. The van der Waals surface area contributed by atoms with E-state index in [-0.39, 0.29) is 12.0 Å². The maximum absolute atomic E-state index is 9.21. The number of aliphatic hydroxyl groups is 1. The van der Waals surface area contributed by atoms with Crippen LogP contribution < -0.4 is 5.32 Å². The number of nitrogens with one attached hydrogen (secondary N) is 1. The number of hydrogen-bond donors (Lipinski definition) is 2. The van der Waals surface area contributed by atoms with Gasteiger partial charge in [-0.2, -0.15) is 0 Å². The van der Waals surface area contributed by atoms with Crippen LogP contribution in [0.15, 0.2) is 0 Å². The summed E-state index contributed by atoms with van der Waals surface area (Å²) >= 11 is 0. The highest BCUT2D eigenvalue weighted by Gasteiger charge is 2.38. The molecule has 0 amide bonds. The third kappa shape index (κ3) is 3.92. The first kappa shape index (κ1) is 14.3. The highest BCUT2D eigenvalue weighted by molar-refractivity contribution is 4.92. The molecule has 4 nitrogen and oxygen atoms in total. The van der Waals surface area contributed by atoms with E-state index in [1.165, 1.54) is 25.7 Å². The zero-order valence-corrected chi connectivity index (χ0v) is 11.7. The van der Waals surface area contributed by atoms with Crippen LogP contribution in [0.4, 0.5) is 0 Å². The second-order valence-electron chi connectivity index (χ2n) is 5.86.